The van der Waals surface area contributed by atoms with E-state index in [0.717, 1.165) is 0 Å². The predicted molar refractivity (Wildman–Crippen MR) is 139 cm³/mol. The molecule has 7 nitrogen and oxygen atoms in total. The van der Waals surface area contributed by atoms with Gasteiger partial charge < -0.3 is 9.84 Å². The highest BCUT2D eigenvalue weighted by atomic mass is 32.2. The number of nitrogens with zero attached hydrogens (tertiary/aromatic N) is 3. The maximum Gasteiger partial charge on any atom is 0.247 e. The summed E-state index contributed by atoms with van der Waals surface area (Å²) in [4.78, 5) is 3.96. The Morgan fingerprint density at radius 3 is 2.61 bits per heavy atom. The van der Waals surface area contributed by atoms with Crippen molar-refractivity contribution in [3.8, 4) is 17.6 Å². The Bertz CT molecular complexity index is 1210. The molecule has 0 unspecified atom stereocenters. The van der Waals surface area contributed by atoms with Gasteiger partial charge in [0.15, 0.2) is 0 Å². The molecule has 1 N–H and O–H groups in total. The number of hydrogen-bond donors (Lipinski definition) is 1. The van der Waals surface area contributed by atoms with Crippen LogP contribution in [0.2, 0.25) is 0 Å². The number of hydrogen-bond acceptors (Lipinski definition) is 6. The molecule has 9 heteroatoms. The van der Waals surface area contributed by atoms with E-state index in [1.165, 1.54) is 16.4 Å². The molecule has 3 rings (SSSR count). The molecule has 0 saturated carbocycles. The summed E-state index contributed by atoms with van der Waals surface area (Å²) in [5, 5.41) is 9.80. The van der Waals surface area contributed by atoms with Gasteiger partial charge in [-0.2, -0.15) is 4.31 Å². The lowest BCUT2D eigenvalue weighted by atomic mass is 10.0. The SMILES string of the molecule is C[C@H]1CN([C@@H](C)CO)S(=O)(=O)c2ccc(C#CCN(C)C)cc2O[C@H]1CN(C)Cc1ccccc1F. The van der Waals surface area contributed by atoms with E-state index in [0.29, 0.717) is 30.8 Å². The van der Waals surface area contributed by atoms with Crippen molar-refractivity contribution in [2.75, 3.05) is 47.4 Å². The molecule has 0 aliphatic carbocycles. The number of likely N-dealkylation sites (N-methyl/N-ethyl adjacent to an activating group) is 1. The number of aliphatic hydroxyl groups excluding tert-OH is 1. The minimum atomic E-state index is -3.91. The summed E-state index contributed by atoms with van der Waals surface area (Å²) in [6.07, 6.45) is -0.380. The molecule has 2 aromatic rings. The topological polar surface area (TPSA) is 73.3 Å². The molecule has 0 aromatic heterocycles. The zero-order valence-electron chi connectivity index (χ0n) is 21.6. The molecule has 1 heterocycles. The maximum atomic E-state index is 14.2. The molecule has 36 heavy (non-hydrogen) atoms. The van der Waals surface area contributed by atoms with Crippen LogP contribution in [0.4, 0.5) is 4.39 Å². The Hall–Kier alpha value is -2.48. The number of sulfonamides is 1. The quantitative estimate of drug-likeness (QED) is 0.570. The Balaban J connectivity index is 1.97. The predicted octanol–water partition coefficient (Wildman–Crippen LogP) is 2.64. The first kappa shape index (κ1) is 28.1. The van der Waals surface area contributed by atoms with Gasteiger partial charge in [-0.1, -0.05) is 37.0 Å². The van der Waals surface area contributed by atoms with Gasteiger partial charge in [0, 0.05) is 42.7 Å². The van der Waals surface area contributed by atoms with Gasteiger partial charge in [0.1, 0.15) is 22.6 Å². The zero-order valence-corrected chi connectivity index (χ0v) is 22.4. The van der Waals surface area contributed by atoms with Crippen LogP contribution in [0.1, 0.15) is 25.0 Å². The summed E-state index contributed by atoms with van der Waals surface area (Å²) in [6, 6.07) is 10.9. The molecule has 0 fully saturated rings. The van der Waals surface area contributed by atoms with Gasteiger partial charge in [-0.3, -0.25) is 9.80 Å². The van der Waals surface area contributed by atoms with E-state index >= 15 is 0 Å². The van der Waals surface area contributed by atoms with E-state index in [1.807, 2.05) is 37.9 Å². The molecule has 196 valence electrons. The Labute approximate surface area is 214 Å². The molecule has 2 aromatic carbocycles. The third-order valence-corrected chi connectivity index (χ3v) is 8.20. The standard InChI is InChI=1S/C27H36FN3O4S/c1-20-16-31(21(2)19-32)36(33,34)27-13-12-22(9-8-14-29(3)4)15-25(27)35-26(20)18-30(5)17-23-10-6-7-11-24(23)28/h6-7,10-13,15,20-21,26,32H,14,16-19H2,1-5H3/t20-,21-,26-/m0/s1. The largest absolute Gasteiger partial charge is 0.487 e. The van der Waals surface area contributed by atoms with E-state index in [-0.39, 0.29) is 41.6 Å². The molecular formula is C27H36FN3O4S. The molecule has 1 aliphatic rings. The molecule has 0 radical (unpaired) electrons. The minimum Gasteiger partial charge on any atom is -0.487 e. The van der Waals surface area contributed by atoms with Crippen molar-refractivity contribution in [1.29, 1.82) is 0 Å². The number of fused-ring (bicyclic) bond motifs is 1. The second kappa shape index (κ2) is 12.2. The highest BCUT2D eigenvalue weighted by molar-refractivity contribution is 7.89. The van der Waals surface area contributed by atoms with Gasteiger partial charge in [0.2, 0.25) is 10.0 Å². The van der Waals surface area contributed by atoms with Crippen molar-refractivity contribution in [2.24, 2.45) is 5.92 Å². The number of halogens is 1. The summed E-state index contributed by atoms with van der Waals surface area (Å²) >= 11 is 0. The average molecular weight is 518 g/mol. The van der Waals surface area contributed by atoms with Gasteiger partial charge in [-0.05, 0) is 52.3 Å². The number of ether oxygens (including phenoxy) is 1. The fourth-order valence-electron chi connectivity index (χ4n) is 4.11. The summed E-state index contributed by atoms with van der Waals surface area (Å²) in [5.41, 5.74) is 1.23. The van der Waals surface area contributed by atoms with E-state index in [1.54, 1.807) is 37.3 Å². The van der Waals surface area contributed by atoms with Crippen LogP contribution in [0, 0.1) is 23.6 Å². The van der Waals surface area contributed by atoms with Gasteiger partial charge in [-0.25, -0.2) is 12.8 Å². The van der Waals surface area contributed by atoms with Crippen molar-refractivity contribution in [3.63, 3.8) is 0 Å². The molecule has 3 atom stereocenters. The Kier molecular flexibility index (Phi) is 9.50. The van der Waals surface area contributed by atoms with E-state index in [2.05, 4.69) is 11.8 Å². The lowest BCUT2D eigenvalue weighted by Crippen LogP contribution is -2.49. The molecular weight excluding hydrogens is 481 g/mol. The van der Waals surface area contributed by atoms with E-state index in [4.69, 9.17) is 4.74 Å². The highest BCUT2D eigenvalue weighted by Gasteiger charge is 2.38. The minimum absolute atomic E-state index is 0.0506. The summed E-state index contributed by atoms with van der Waals surface area (Å²) < 4.78 is 49.1. The average Bonchev–Trinajstić information content (AvgIpc) is 2.82. The number of rotatable bonds is 7. The van der Waals surface area contributed by atoms with Crippen LogP contribution in [-0.4, -0.2) is 87.2 Å². The van der Waals surface area contributed by atoms with Gasteiger partial charge in [0.05, 0.1) is 13.2 Å². The third kappa shape index (κ3) is 6.84. The fraction of sp³-hybridized carbons (Fsp3) is 0.481. The Morgan fingerprint density at radius 2 is 1.94 bits per heavy atom. The van der Waals surface area contributed by atoms with E-state index in [9.17, 15) is 17.9 Å². The Morgan fingerprint density at radius 1 is 1.22 bits per heavy atom. The smallest absolute Gasteiger partial charge is 0.247 e. The van der Waals surface area contributed by atoms with Crippen LogP contribution in [-0.2, 0) is 16.6 Å². The molecule has 0 saturated heterocycles. The van der Waals surface area contributed by atoms with Crippen molar-refractivity contribution in [3.05, 3.63) is 59.4 Å². The van der Waals surface area contributed by atoms with Gasteiger partial charge in [-0.15, -0.1) is 0 Å². The zero-order chi connectivity index (χ0) is 26.5. The summed E-state index contributed by atoms with van der Waals surface area (Å²) in [6.45, 7) is 4.91. The second-order valence-corrected chi connectivity index (χ2v) is 11.6. The van der Waals surface area contributed by atoms with Crippen LogP contribution in [0.15, 0.2) is 47.4 Å². The normalized spacial score (nSPS) is 20.6. The molecule has 0 spiro atoms. The molecule has 0 bridgehead atoms. The van der Waals surface area contributed by atoms with Gasteiger partial charge in [0.25, 0.3) is 0 Å². The summed E-state index contributed by atoms with van der Waals surface area (Å²) in [5.74, 6) is 5.90. The van der Waals surface area contributed by atoms with Crippen LogP contribution in [0.25, 0.3) is 0 Å². The monoisotopic (exact) mass is 517 g/mol. The van der Waals surface area contributed by atoms with E-state index < -0.39 is 16.1 Å². The van der Waals surface area contributed by atoms with Crippen LogP contribution in [0.3, 0.4) is 0 Å². The fourth-order valence-corrected chi connectivity index (χ4v) is 5.94. The van der Waals surface area contributed by atoms with Crippen LogP contribution < -0.4 is 4.74 Å². The first-order valence-electron chi connectivity index (χ1n) is 12.0. The lowest BCUT2D eigenvalue weighted by molar-refractivity contribution is 0.0731. The van der Waals surface area contributed by atoms with Crippen LogP contribution >= 0.6 is 0 Å². The maximum absolute atomic E-state index is 14.2. The summed E-state index contributed by atoms with van der Waals surface area (Å²) in [7, 11) is 1.81. The first-order chi connectivity index (χ1) is 17.0. The van der Waals surface area contributed by atoms with Crippen molar-refractivity contribution in [2.45, 2.75) is 37.4 Å². The second-order valence-electron chi connectivity index (χ2n) is 9.73. The molecule has 0 amide bonds. The van der Waals surface area contributed by atoms with Crippen molar-refractivity contribution in [1.82, 2.24) is 14.1 Å². The number of benzene rings is 2. The van der Waals surface area contributed by atoms with Crippen LogP contribution in [0.5, 0.6) is 5.75 Å². The number of aliphatic hydroxyl groups is 1. The third-order valence-electron chi connectivity index (χ3n) is 6.18. The first-order valence-corrected chi connectivity index (χ1v) is 13.5. The van der Waals surface area contributed by atoms with Gasteiger partial charge >= 0.3 is 0 Å². The highest BCUT2D eigenvalue weighted by Crippen LogP contribution is 2.34. The van der Waals surface area contributed by atoms with Crippen molar-refractivity contribution < 1.29 is 22.7 Å². The van der Waals surface area contributed by atoms with Crippen molar-refractivity contribution >= 4 is 10.0 Å². The lowest BCUT2D eigenvalue weighted by Gasteiger charge is -2.37. The molecule has 1 aliphatic heterocycles.